The Morgan fingerprint density at radius 2 is 2.13 bits per heavy atom. The zero-order valence-electron chi connectivity index (χ0n) is 7.54. The summed E-state index contributed by atoms with van der Waals surface area (Å²) in [5.74, 6) is 0. The molecule has 2 aromatic rings. The topological polar surface area (TPSA) is 0 Å². The minimum absolute atomic E-state index is 0.402. The summed E-state index contributed by atoms with van der Waals surface area (Å²) >= 11 is 14.3. The van der Waals surface area contributed by atoms with Crippen LogP contribution in [0.1, 0.15) is 15.3 Å². The zero-order valence-corrected chi connectivity index (χ0v) is 13.9. The van der Waals surface area contributed by atoms with Crippen molar-refractivity contribution in [1.29, 1.82) is 0 Å². The first kappa shape index (κ1) is 12.3. The summed E-state index contributed by atoms with van der Waals surface area (Å²) in [7, 11) is 0. The molecule has 0 bridgehead atoms. The van der Waals surface area contributed by atoms with Gasteiger partial charge >= 0.3 is 0 Å². The second-order valence-electron chi connectivity index (χ2n) is 3.07. The SMILES string of the molecule is Brc1cc(C(Br)Cc2ccsc2)sc1Br. The lowest BCUT2D eigenvalue weighted by molar-refractivity contribution is 0.975. The highest BCUT2D eigenvalue weighted by atomic mass is 79.9. The van der Waals surface area contributed by atoms with Crippen molar-refractivity contribution in [1.82, 2.24) is 0 Å². The van der Waals surface area contributed by atoms with Gasteiger partial charge in [0.25, 0.3) is 0 Å². The van der Waals surface area contributed by atoms with Gasteiger partial charge in [0.05, 0.1) is 8.61 Å². The van der Waals surface area contributed by atoms with Gasteiger partial charge in [-0.2, -0.15) is 11.3 Å². The van der Waals surface area contributed by atoms with Gasteiger partial charge in [-0.25, -0.2) is 0 Å². The van der Waals surface area contributed by atoms with Crippen LogP contribution in [0, 0.1) is 0 Å². The van der Waals surface area contributed by atoms with E-state index in [4.69, 9.17) is 0 Å². The van der Waals surface area contributed by atoms with Crippen LogP contribution in [0.3, 0.4) is 0 Å². The molecule has 0 spiro atoms. The van der Waals surface area contributed by atoms with Gasteiger partial charge in [0.1, 0.15) is 0 Å². The third-order valence-electron chi connectivity index (χ3n) is 1.97. The van der Waals surface area contributed by atoms with Gasteiger partial charge in [-0.05, 0) is 66.7 Å². The molecule has 15 heavy (non-hydrogen) atoms. The average Bonchev–Trinajstić information content (AvgIpc) is 2.78. The molecular formula is C10H7Br3S2. The lowest BCUT2D eigenvalue weighted by atomic mass is 10.2. The van der Waals surface area contributed by atoms with Crippen LogP contribution in [-0.4, -0.2) is 0 Å². The summed E-state index contributed by atoms with van der Waals surface area (Å²) in [6.45, 7) is 0. The summed E-state index contributed by atoms with van der Waals surface area (Å²) in [6.07, 6.45) is 1.04. The maximum Gasteiger partial charge on any atom is 0.0843 e. The summed E-state index contributed by atoms with van der Waals surface area (Å²) in [5.41, 5.74) is 1.39. The van der Waals surface area contributed by atoms with Crippen molar-refractivity contribution >= 4 is 70.5 Å². The maximum absolute atomic E-state index is 3.73. The Balaban J connectivity index is 2.11. The monoisotopic (exact) mass is 428 g/mol. The Kier molecular flexibility index (Phi) is 4.47. The minimum Gasteiger partial charge on any atom is -0.152 e. The first-order chi connectivity index (χ1) is 7.16. The first-order valence-electron chi connectivity index (χ1n) is 4.26. The molecule has 1 atom stereocenters. The molecule has 0 amide bonds. The largest absolute Gasteiger partial charge is 0.152 e. The molecule has 80 valence electrons. The molecule has 1 unspecified atom stereocenters. The zero-order chi connectivity index (χ0) is 10.8. The highest BCUT2D eigenvalue weighted by molar-refractivity contribution is 9.13. The van der Waals surface area contributed by atoms with Crippen LogP contribution < -0.4 is 0 Å². The number of halogens is 3. The van der Waals surface area contributed by atoms with Crippen LogP contribution >= 0.6 is 70.5 Å². The van der Waals surface area contributed by atoms with Gasteiger partial charge in [0, 0.05) is 9.35 Å². The number of rotatable bonds is 3. The molecule has 5 heteroatoms. The van der Waals surface area contributed by atoms with Crippen LogP contribution in [0.4, 0.5) is 0 Å². The quantitative estimate of drug-likeness (QED) is 0.523. The number of hydrogen-bond acceptors (Lipinski definition) is 2. The highest BCUT2D eigenvalue weighted by Gasteiger charge is 2.13. The normalized spacial score (nSPS) is 13.0. The molecule has 0 nitrogen and oxygen atoms in total. The highest BCUT2D eigenvalue weighted by Crippen LogP contribution is 2.39. The van der Waals surface area contributed by atoms with Gasteiger partial charge in [-0.3, -0.25) is 0 Å². The minimum atomic E-state index is 0.402. The molecule has 0 radical (unpaired) electrons. The van der Waals surface area contributed by atoms with E-state index in [0.717, 1.165) is 14.7 Å². The molecule has 0 fully saturated rings. The molecule has 0 saturated carbocycles. The van der Waals surface area contributed by atoms with E-state index in [9.17, 15) is 0 Å². The van der Waals surface area contributed by atoms with Crippen molar-refractivity contribution in [2.24, 2.45) is 0 Å². The van der Waals surface area contributed by atoms with Gasteiger partial charge in [-0.1, -0.05) is 15.9 Å². The standard InChI is InChI=1S/C10H7Br3S2/c11-7(3-6-1-2-14-5-6)9-4-8(12)10(13)15-9/h1-2,4-5,7H,3H2. The van der Waals surface area contributed by atoms with Crippen molar-refractivity contribution in [2.75, 3.05) is 0 Å². The fourth-order valence-corrected chi connectivity index (χ4v) is 4.77. The van der Waals surface area contributed by atoms with E-state index in [0.29, 0.717) is 4.83 Å². The van der Waals surface area contributed by atoms with Gasteiger partial charge in [0.15, 0.2) is 0 Å². The number of hydrogen-bond donors (Lipinski definition) is 0. The smallest absolute Gasteiger partial charge is 0.0843 e. The second kappa shape index (κ2) is 5.45. The molecule has 0 aliphatic carbocycles. The van der Waals surface area contributed by atoms with E-state index in [1.807, 2.05) is 0 Å². The van der Waals surface area contributed by atoms with Gasteiger partial charge < -0.3 is 0 Å². The van der Waals surface area contributed by atoms with E-state index in [2.05, 4.69) is 70.7 Å². The Hall–Kier alpha value is 0.840. The van der Waals surface area contributed by atoms with Crippen molar-refractivity contribution in [3.05, 3.63) is 41.6 Å². The molecule has 0 aliphatic rings. The number of alkyl halides is 1. The molecule has 0 aromatic carbocycles. The van der Waals surface area contributed by atoms with Crippen LogP contribution in [-0.2, 0) is 6.42 Å². The molecule has 2 aromatic heterocycles. The third kappa shape index (κ3) is 3.16. The number of thiophene rings is 2. The summed E-state index contributed by atoms with van der Waals surface area (Å²) in [4.78, 5) is 1.75. The van der Waals surface area contributed by atoms with Crippen LogP contribution in [0.2, 0.25) is 0 Å². The van der Waals surface area contributed by atoms with Gasteiger partial charge in [-0.15, -0.1) is 11.3 Å². The van der Waals surface area contributed by atoms with Crippen molar-refractivity contribution in [3.8, 4) is 0 Å². The fourth-order valence-electron chi connectivity index (χ4n) is 1.23. The van der Waals surface area contributed by atoms with Crippen molar-refractivity contribution in [2.45, 2.75) is 11.2 Å². The lowest BCUT2D eigenvalue weighted by Crippen LogP contribution is -1.90. The summed E-state index contributed by atoms with van der Waals surface area (Å²) in [6, 6.07) is 4.34. The molecule has 2 rings (SSSR count). The molecule has 0 N–H and O–H groups in total. The fraction of sp³-hybridized carbons (Fsp3) is 0.200. The predicted octanol–water partition coefficient (Wildman–Crippen LogP) is 6.01. The third-order valence-corrected chi connectivity index (χ3v) is 7.19. The Morgan fingerprint density at radius 1 is 1.33 bits per heavy atom. The van der Waals surface area contributed by atoms with Crippen LogP contribution in [0.15, 0.2) is 31.2 Å². The van der Waals surface area contributed by atoms with E-state index >= 15 is 0 Å². The maximum atomic E-state index is 3.73. The van der Waals surface area contributed by atoms with E-state index in [1.165, 1.54) is 10.4 Å². The lowest BCUT2D eigenvalue weighted by Gasteiger charge is -2.04. The molecule has 0 saturated heterocycles. The van der Waals surface area contributed by atoms with E-state index in [1.54, 1.807) is 22.7 Å². The first-order valence-corrected chi connectivity index (χ1v) is 8.53. The van der Waals surface area contributed by atoms with E-state index < -0.39 is 0 Å². The van der Waals surface area contributed by atoms with Gasteiger partial charge in [0.2, 0.25) is 0 Å². The van der Waals surface area contributed by atoms with E-state index in [-0.39, 0.29) is 0 Å². The molecular weight excluding hydrogens is 424 g/mol. The molecule has 2 heterocycles. The summed E-state index contributed by atoms with van der Waals surface area (Å²) < 4.78 is 2.30. The van der Waals surface area contributed by atoms with Crippen molar-refractivity contribution < 1.29 is 0 Å². The predicted molar refractivity (Wildman–Crippen MR) is 79.4 cm³/mol. The van der Waals surface area contributed by atoms with Crippen LogP contribution in [0.25, 0.3) is 0 Å². The average molecular weight is 431 g/mol. The Labute approximate surface area is 122 Å². The van der Waals surface area contributed by atoms with Crippen LogP contribution in [0.5, 0.6) is 0 Å². The Bertz CT molecular complexity index is 414. The summed E-state index contributed by atoms with van der Waals surface area (Å²) in [5, 5.41) is 4.32. The Morgan fingerprint density at radius 3 is 2.67 bits per heavy atom. The molecule has 0 aliphatic heterocycles. The van der Waals surface area contributed by atoms with Crippen molar-refractivity contribution in [3.63, 3.8) is 0 Å². The second-order valence-corrected chi connectivity index (χ2v) is 8.22.